The van der Waals surface area contributed by atoms with Crippen molar-refractivity contribution in [2.24, 2.45) is 0 Å². The molecule has 128 valence electrons. The minimum absolute atomic E-state index is 0.0869. The van der Waals surface area contributed by atoms with Crippen LogP contribution >= 0.6 is 0 Å². The SMILES string of the molecule is CC[C@@H](Oc1ccc(OC)cc1)C(=O)NC[C@@H](C)c1ccccc1. The summed E-state index contributed by atoms with van der Waals surface area (Å²) in [5.74, 6) is 1.59. The van der Waals surface area contributed by atoms with Crippen LogP contribution in [0.5, 0.6) is 11.5 Å². The molecule has 2 atom stereocenters. The fraction of sp³-hybridized carbons (Fsp3) is 0.350. The smallest absolute Gasteiger partial charge is 0.261 e. The fourth-order valence-corrected chi connectivity index (χ4v) is 2.41. The van der Waals surface area contributed by atoms with Crippen LogP contribution in [-0.2, 0) is 4.79 Å². The molecule has 2 rings (SSSR count). The predicted octanol–water partition coefficient (Wildman–Crippen LogP) is 3.77. The lowest BCUT2D eigenvalue weighted by molar-refractivity contribution is -0.128. The van der Waals surface area contributed by atoms with Crippen LogP contribution in [0.4, 0.5) is 0 Å². The largest absolute Gasteiger partial charge is 0.497 e. The van der Waals surface area contributed by atoms with Gasteiger partial charge in [-0.1, -0.05) is 44.2 Å². The van der Waals surface area contributed by atoms with E-state index in [-0.39, 0.29) is 11.8 Å². The summed E-state index contributed by atoms with van der Waals surface area (Å²) in [5.41, 5.74) is 1.21. The summed E-state index contributed by atoms with van der Waals surface area (Å²) in [6.45, 7) is 4.63. The van der Waals surface area contributed by atoms with Gasteiger partial charge in [0, 0.05) is 6.54 Å². The zero-order valence-corrected chi connectivity index (χ0v) is 14.5. The van der Waals surface area contributed by atoms with Gasteiger partial charge in [-0.15, -0.1) is 0 Å². The Morgan fingerprint density at radius 3 is 2.25 bits per heavy atom. The average molecular weight is 327 g/mol. The van der Waals surface area contributed by atoms with Crippen LogP contribution in [-0.4, -0.2) is 25.7 Å². The van der Waals surface area contributed by atoms with E-state index in [2.05, 4.69) is 24.4 Å². The van der Waals surface area contributed by atoms with Crippen LogP contribution in [0.1, 0.15) is 31.7 Å². The predicted molar refractivity (Wildman–Crippen MR) is 95.6 cm³/mol. The lowest BCUT2D eigenvalue weighted by Gasteiger charge is -2.19. The molecular formula is C20H25NO3. The van der Waals surface area contributed by atoms with Crippen molar-refractivity contribution in [3.05, 3.63) is 60.2 Å². The zero-order valence-electron chi connectivity index (χ0n) is 14.5. The van der Waals surface area contributed by atoms with Crippen molar-refractivity contribution < 1.29 is 14.3 Å². The molecule has 2 aromatic rings. The van der Waals surface area contributed by atoms with Gasteiger partial charge in [0.2, 0.25) is 0 Å². The Morgan fingerprint density at radius 1 is 1.04 bits per heavy atom. The molecule has 4 heteroatoms. The Morgan fingerprint density at radius 2 is 1.67 bits per heavy atom. The number of carbonyl (C=O) groups is 1. The fourth-order valence-electron chi connectivity index (χ4n) is 2.41. The van der Waals surface area contributed by atoms with Crippen LogP contribution in [0.25, 0.3) is 0 Å². The topological polar surface area (TPSA) is 47.6 Å². The number of carbonyl (C=O) groups excluding carboxylic acids is 1. The molecule has 0 heterocycles. The second kappa shape index (κ2) is 8.96. The van der Waals surface area contributed by atoms with Crippen molar-refractivity contribution >= 4 is 5.91 Å². The lowest BCUT2D eigenvalue weighted by atomic mass is 10.0. The molecule has 0 aliphatic rings. The number of nitrogens with one attached hydrogen (secondary N) is 1. The third-order valence-corrected chi connectivity index (χ3v) is 3.95. The van der Waals surface area contributed by atoms with E-state index in [0.29, 0.717) is 18.7 Å². The molecule has 0 bridgehead atoms. The Hall–Kier alpha value is -2.49. The highest BCUT2D eigenvalue weighted by Gasteiger charge is 2.19. The minimum Gasteiger partial charge on any atom is -0.497 e. The van der Waals surface area contributed by atoms with Gasteiger partial charge in [0.15, 0.2) is 6.10 Å². The highest BCUT2D eigenvalue weighted by molar-refractivity contribution is 5.81. The normalized spacial score (nSPS) is 13.0. The van der Waals surface area contributed by atoms with E-state index in [0.717, 1.165) is 5.75 Å². The standard InChI is InChI=1S/C20H25NO3/c1-4-19(24-18-12-10-17(23-3)11-13-18)20(22)21-14-15(2)16-8-6-5-7-9-16/h5-13,15,19H,4,14H2,1-3H3,(H,21,22)/t15-,19-/m1/s1. The first kappa shape index (κ1) is 17.9. The van der Waals surface area contributed by atoms with Gasteiger partial charge in [0.05, 0.1) is 7.11 Å². The summed E-state index contributed by atoms with van der Waals surface area (Å²) in [7, 11) is 1.62. The third kappa shape index (κ3) is 5.01. The van der Waals surface area contributed by atoms with Crippen molar-refractivity contribution in [2.75, 3.05) is 13.7 Å². The van der Waals surface area contributed by atoms with Gasteiger partial charge in [-0.25, -0.2) is 0 Å². The molecule has 0 saturated carbocycles. The Balaban J connectivity index is 1.88. The summed E-state index contributed by atoms with van der Waals surface area (Å²) in [6.07, 6.45) is 0.110. The van der Waals surface area contributed by atoms with E-state index in [9.17, 15) is 4.79 Å². The van der Waals surface area contributed by atoms with E-state index < -0.39 is 6.10 Å². The number of methoxy groups -OCH3 is 1. The lowest BCUT2D eigenvalue weighted by Crippen LogP contribution is -2.39. The molecule has 1 N–H and O–H groups in total. The van der Waals surface area contributed by atoms with Crippen LogP contribution < -0.4 is 14.8 Å². The molecule has 0 radical (unpaired) electrons. The quantitative estimate of drug-likeness (QED) is 0.803. The van der Waals surface area contributed by atoms with E-state index >= 15 is 0 Å². The highest BCUT2D eigenvalue weighted by Crippen LogP contribution is 2.19. The van der Waals surface area contributed by atoms with Gasteiger partial charge in [-0.3, -0.25) is 4.79 Å². The number of hydrogen-bond donors (Lipinski definition) is 1. The second-order valence-electron chi connectivity index (χ2n) is 5.75. The van der Waals surface area contributed by atoms with Gasteiger partial charge in [-0.2, -0.15) is 0 Å². The first-order valence-electron chi connectivity index (χ1n) is 8.27. The molecule has 0 aliphatic carbocycles. The minimum atomic E-state index is -0.499. The second-order valence-corrected chi connectivity index (χ2v) is 5.75. The monoisotopic (exact) mass is 327 g/mol. The van der Waals surface area contributed by atoms with Gasteiger partial charge >= 0.3 is 0 Å². The molecule has 0 fully saturated rings. The van der Waals surface area contributed by atoms with E-state index in [4.69, 9.17) is 9.47 Å². The number of benzene rings is 2. The maximum absolute atomic E-state index is 12.4. The van der Waals surface area contributed by atoms with E-state index in [1.165, 1.54) is 5.56 Å². The molecule has 0 aliphatic heterocycles. The molecule has 24 heavy (non-hydrogen) atoms. The summed E-state index contributed by atoms with van der Waals surface area (Å²) in [6, 6.07) is 17.4. The highest BCUT2D eigenvalue weighted by atomic mass is 16.5. The number of ether oxygens (including phenoxy) is 2. The zero-order chi connectivity index (χ0) is 17.4. The van der Waals surface area contributed by atoms with Crippen LogP contribution in [0.2, 0.25) is 0 Å². The Bertz CT molecular complexity index is 625. The molecule has 1 amide bonds. The molecule has 0 unspecified atom stereocenters. The van der Waals surface area contributed by atoms with Crippen molar-refractivity contribution in [1.29, 1.82) is 0 Å². The number of amides is 1. The van der Waals surface area contributed by atoms with E-state index in [1.807, 2.05) is 37.3 Å². The molecule has 0 spiro atoms. The summed E-state index contributed by atoms with van der Waals surface area (Å²) in [4.78, 5) is 12.4. The molecule has 0 aromatic heterocycles. The molecular weight excluding hydrogens is 302 g/mol. The maximum atomic E-state index is 12.4. The summed E-state index contributed by atoms with van der Waals surface area (Å²) in [5, 5.41) is 2.99. The van der Waals surface area contributed by atoms with E-state index in [1.54, 1.807) is 19.2 Å². The van der Waals surface area contributed by atoms with Gasteiger partial charge < -0.3 is 14.8 Å². The van der Waals surface area contributed by atoms with Gasteiger partial charge in [0.25, 0.3) is 5.91 Å². The first-order valence-corrected chi connectivity index (χ1v) is 8.27. The summed E-state index contributed by atoms with van der Waals surface area (Å²) >= 11 is 0. The number of rotatable bonds is 8. The first-order chi connectivity index (χ1) is 11.6. The molecule has 4 nitrogen and oxygen atoms in total. The van der Waals surface area contributed by atoms with Gasteiger partial charge in [0.1, 0.15) is 11.5 Å². The van der Waals surface area contributed by atoms with Crippen LogP contribution in [0.3, 0.4) is 0 Å². The average Bonchev–Trinajstić information content (AvgIpc) is 2.65. The maximum Gasteiger partial charge on any atom is 0.261 e. The third-order valence-electron chi connectivity index (χ3n) is 3.95. The molecule has 0 saturated heterocycles. The molecule has 2 aromatic carbocycles. The van der Waals surface area contributed by atoms with Crippen LogP contribution in [0.15, 0.2) is 54.6 Å². The van der Waals surface area contributed by atoms with Gasteiger partial charge in [-0.05, 0) is 42.2 Å². The van der Waals surface area contributed by atoms with Crippen LogP contribution in [0, 0.1) is 0 Å². The Kier molecular flexibility index (Phi) is 6.67. The van der Waals surface area contributed by atoms with Crippen molar-refractivity contribution in [1.82, 2.24) is 5.32 Å². The number of hydrogen-bond acceptors (Lipinski definition) is 3. The Labute approximate surface area is 143 Å². The van der Waals surface area contributed by atoms with Crippen molar-refractivity contribution in [3.8, 4) is 11.5 Å². The van der Waals surface area contributed by atoms with Crippen molar-refractivity contribution in [2.45, 2.75) is 32.3 Å². The summed E-state index contributed by atoms with van der Waals surface area (Å²) < 4.78 is 10.9. The van der Waals surface area contributed by atoms with Crippen molar-refractivity contribution in [3.63, 3.8) is 0 Å².